The van der Waals surface area contributed by atoms with Crippen molar-refractivity contribution in [3.05, 3.63) is 145 Å². The monoisotopic (exact) mass is 477 g/mol. The highest BCUT2D eigenvalue weighted by Crippen LogP contribution is 2.33. The first-order valence-corrected chi connectivity index (χ1v) is 12.8. The van der Waals surface area contributed by atoms with E-state index in [9.17, 15) is 0 Å². The molecule has 5 aromatic carbocycles. The minimum atomic E-state index is -0.0615. The molecule has 2 unspecified atom stereocenters. The SMILES string of the molecule is C1=CC(c2cccc(-c3ccc(-c4ccccc4)cc3)c2)NC(n2c3ccccc3c3ccccc32)N1. The van der Waals surface area contributed by atoms with Crippen molar-refractivity contribution in [3.8, 4) is 22.3 Å². The summed E-state index contributed by atoms with van der Waals surface area (Å²) in [6, 6.07) is 45.6. The lowest BCUT2D eigenvalue weighted by molar-refractivity contribution is 0.342. The molecular weight excluding hydrogens is 450 g/mol. The maximum absolute atomic E-state index is 3.83. The number of benzene rings is 5. The number of nitrogens with zero attached hydrogens (tertiary/aromatic N) is 1. The molecule has 1 aliphatic heterocycles. The quantitative estimate of drug-likeness (QED) is 0.269. The number of aromatic nitrogens is 1. The number of rotatable bonds is 4. The first-order chi connectivity index (χ1) is 18.3. The Morgan fingerprint density at radius 2 is 1.08 bits per heavy atom. The van der Waals surface area contributed by atoms with Crippen LogP contribution >= 0.6 is 0 Å². The molecule has 0 bridgehead atoms. The minimum Gasteiger partial charge on any atom is -0.359 e. The van der Waals surface area contributed by atoms with Gasteiger partial charge in [0.25, 0.3) is 0 Å². The molecule has 2 heterocycles. The van der Waals surface area contributed by atoms with E-state index in [4.69, 9.17) is 0 Å². The zero-order valence-electron chi connectivity index (χ0n) is 20.4. The van der Waals surface area contributed by atoms with E-state index in [2.05, 4.69) is 155 Å². The Morgan fingerprint density at radius 1 is 0.514 bits per heavy atom. The highest BCUT2D eigenvalue weighted by Gasteiger charge is 2.23. The Kier molecular flexibility index (Phi) is 5.34. The average molecular weight is 478 g/mol. The van der Waals surface area contributed by atoms with Gasteiger partial charge in [0, 0.05) is 10.8 Å². The van der Waals surface area contributed by atoms with Crippen LogP contribution in [0.5, 0.6) is 0 Å². The first kappa shape index (κ1) is 21.7. The molecule has 1 aromatic heterocycles. The topological polar surface area (TPSA) is 29.0 Å². The van der Waals surface area contributed by atoms with Gasteiger partial charge in [-0.05, 0) is 58.3 Å². The van der Waals surface area contributed by atoms with E-state index in [0.717, 1.165) is 0 Å². The van der Waals surface area contributed by atoms with Crippen LogP contribution in [0.3, 0.4) is 0 Å². The first-order valence-electron chi connectivity index (χ1n) is 12.8. The van der Waals surface area contributed by atoms with Crippen molar-refractivity contribution in [1.82, 2.24) is 15.2 Å². The van der Waals surface area contributed by atoms with Gasteiger partial charge in [-0.2, -0.15) is 0 Å². The predicted octanol–water partition coefficient (Wildman–Crippen LogP) is 8.03. The van der Waals surface area contributed by atoms with Gasteiger partial charge in [-0.1, -0.05) is 109 Å². The van der Waals surface area contributed by atoms with Gasteiger partial charge < -0.3 is 9.88 Å². The predicted molar refractivity (Wildman–Crippen MR) is 154 cm³/mol. The fourth-order valence-corrected chi connectivity index (χ4v) is 5.50. The van der Waals surface area contributed by atoms with Gasteiger partial charge in [0.2, 0.25) is 0 Å². The largest absolute Gasteiger partial charge is 0.359 e. The Bertz CT molecular complexity index is 1680. The van der Waals surface area contributed by atoms with Crippen molar-refractivity contribution in [2.24, 2.45) is 0 Å². The van der Waals surface area contributed by atoms with Crippen molar-refractivity contribution in [3.63, 3.8) is 0 Å². The second-order valence-electron chi connectivity index (χ2n) is 9.55. The maximum Gasteiger partial charge on any atom is 0.160 e. The summed E-state index contributed by atoms with van der Waals surface area (Å²) in [5.41, 5.74) is 8.59. The van der Waals surface area contributed by atoms with Crippen LogP contribution in [0, 0.1) is 0 Å². The van der Waals surface area contributed by atoms with Gasteiger partial charge in [0.1, 0.15) is 0 Å². The lowest BCUT2D eigenvalue weighted by Gasteiger charge is -2.31. The van der Waals surface area contributed by atoms with Crippen molar-refractivity contribution < 1.29 is 0 Å². The van der Waals surface area contributed by atoms with E-state index in [1.165, 1.54) is 49.6 Å². The van der Waals surface area contributed by atoms with Gasteiger partial charge in [0.15, 0.2) is 6.29 Å². The third kappa shape index (κ3) is 3.90. The lowest BCUT2D eigenvalue weighted by Crippen LogP contribution is -2.40. The molecule has 0 radical (unpaired) electrons. The van der Waals surface area contributed by atoms with Crippen molar-refractivity contribution >= 4 is 21.8 Å². The molecule has 0 spiro atoms. The van der Waals surface area contributed by atoms with Crippen LogP contribution in [-0.2, 0) is 0 Å². The molecule has 0 fully saturated rings. The minimum absolute atomic E-state index is 0.0615. The van der Waals surface area contributed by atoms with Crippen LogP contribution in [0.2, 0.25) is 0 Å². The molecule has 2 atom stereocenters. The third-order valence-electron chi connectivity index (χ3n) is 7.33. The van der Waals surface area contributed by atoms with Crippen molar-refractivity contribution in [1.29, 1.82) is 0 Å². The van der Waals surface area contributed by atoms with Crippen LogP contribution < -0.4 is 10.6 Å². The fraction of sp³-hybridized carbons (Fsp3) is 0.0588. The van der Waals surface area contributed by atoms with Crippen molar-refractivity contribution in [2.45, 2.75) is 12.3 Å². The molecule has 37 heavy (non-hydrogen) atoms. The molecule has 0 saturated heterocycles. The Balaban J connectivity index is 1.20. The van der Waals surface area contributed by atoms with E-state index < -0.39 is 0 Å². The fourth-order valence-electron chi connectivity index (χ4n) is 5.50. The summed E-state index contributed by atoms with van der Waals surface area (Å²) in [6.07, 6.45) is 4.22. The van der Waals surface area contributed by atoms with Gasteiger partial charge in [-0.25, -0.2) is 0 Å². The van der Waals surface area contributed by atoms with Gasteiger partial charge in [-0.3, -0.25) is 5.32 Å². The van der Waals surface area contributed by atoms with E-state index >= 15 is 0 Å². The number of hydrogen-bond donors (Lipinski definition) is 2. The summed E-state index contributed by atoms with van der Waals surface area (Å²) < 4.78 is 2.37. The molecule has 3 nitrogen and oxygen atoms in total. The smallest absolute Gasteiger partial charge is 0.160 e. The van der Waals surface area contributed by atoms with Crippen LogP contribution in [0.1, 0.15) is 17.9 Å². The summed E-state index contributed by atoms with van der Waals surface area (Å²) in [5, 5.41) is 9.92. The maximum atomic E-state index is 3.83. The number of hydrogen-bond acceptors (Lipinski definition) is 2. The Labute approximate surface area is 216 Å². The average Bonchev–Trinajstić information content (AvgIpc) is 3.32. The van der Waals surface area contributed by atoms with E-state index in [1.54, 1.807) is 0 Å². The standard InChI is InChI=1S/C34H27N3/c1-2-9-24(10-3-1)25-17-19-26(20-18-25)27-11-8-12-28(23-27)31-21-22-35-34(36-31)37-32-15-6-4-13-29(32)30-14-5-7-16-33(30)37/h1-23,31,34-36H. The molecule has 1 aliphatic rings. The van der Waals surface area contributed by atoms with Gasteiger partial charge >= 0.3 is 0 Å². The Hall–Kier alpha value is -4.60. The normalized spacial score (nSPS) is 17.2. The second kappa shape index (κ2) is 9.12. The molecule has 7 rings (SSSR count). The summed E-state index contributed by atoms with van der Waals surface area (Å²) in [6.45, 7) is 0. The zero-order valence-corrected chi connectivity index (χ0v) is 20.4. The van der Waals surface area contributed by atoms with E-state index in [-0.39, 0.29) is 12.3 Å². The summed E-state index contributed by atoms with van der Waals surface area (Å²) in [5.74, 6) is 0. The molecular formula is C34H27N3. The molecule has 178 valence electrons. The number of fused-ring (bicyclic) bond motifs is 3. The van der Waals surface area contributed by atoms with Crippen LogP contribution in [-0.4, -0.2) is 4.57 Å². The summed E-state index contributed by atoms with van der Waals surface area (Å²) in [4.78, 5) is 0. The van der Waals surface area contributed by atoms with Crippen molar-refractivity contribution in [2.75, 3.05) is 0 Å². The van der Waals surface area contributed by atoms with Crippen LogP contribution in [0.25, 0.3) is 44.1 Å². The highest BCUT2D eigenvalue weighted by molar-refractivity contribution is 6.08. The molecule has 0 aliphatic carbocycles. The zero-order chi connectivity index (χ0) is 24.6. The third-order valence-corrected chi connectivity index (χ3v) is 7.33. The second-order valence-corrected chi connectivity index (χ2v) is 9.55. The summed E-state index contributed by atoms with van der Waals surface area (Å²) in [7, 11) is 0. The molecule has 6 aromatic rings. The molecule has 0 saturated carbocycles. The van der Waals surface area contributed by atoms with Gasteiger partial charge in [-0.15, -0.1) is 0 Å². The highest BCUT2D eigenvalue weighted by atomic mass is 15.3. The van der Waals surface area contributed by atoms with Crippen LogP contribution in [0.4, 0.5) is 0 Å². The van der Waals surface area contributed by atoms with E-state index in [0.29, 0.717) is 0 Å². The summed E-state index contributed by atoms with van der Waals surface area (Å²) >= 11 is 0. The molecule has 3 heteroatoms. The molecule has 2 N–H and O–H groups in total. The number of para-hydroxylation sites is 2. The lowest BCUT2D eigenvalue weighted by atomic mass is 9.97. The van der Waals surface area contributed by atoms with Crippen LogP contribution in [0.15, 0.2) is 140 Å². The molecule has 0 amide bonds. The number of nitrogens with one attached hydrogen (secondary N) is 2. The Morgan fingerprint density at radius 3 is 1.78 bits per heavy atom. The van der Waals surface area contributed by atoms with Gasteiger partial charge in [0.05, 0.1) is 17.1 Å². The van der Waals surface area contributed by atoms with E-state index in [1.807, 2.05) is 0 Å².